The maximum Gasteiger partial charge on any atom is 0.309 e. The van der Waals surface area contributed by atoms with Crippen LogP contribution >= 0.6 is 0 Å². The van der Waals surface area contributed by atoms with E-state index in [2.05, 4.69) is 16.0 Å². The average Bonchev–Trinajstić information content (AvgIpc) is 3.81. The molecule has 0 spiro atoms. The molecule has 3 aromatic carbocycles. The van der Waals surface area contributed by atoms with E-state index in [0.29, 0.717) is 74.3 Å². The summed E-state index contributed by atoms with van der Waals surface area (Å²) in [4.78, 5) is 23.3. The molecule has 0 aliphatic carbocycles. The quantitative estimate of drug-likeness (QED) is 0.166. The van der Waals surface area contributed by atoms with Gasteiger partial charge in [0.1, 0.15) is 18.2 Å². The molecule has 5 aromatic rings. The van der Waals surface area contributed by atoms with Gasteiger partial charge in [-0.2, -0.15) is 5.10 Å². The van der Waals surface area contributed by atoms with E-state index in [4.69, 9.17) is 24.3 Å². The van der Waals surface area contributed by atoms with Gasteiger partial charge in [0.25, 0.3) is 0 Å². The summed E-state index contributed by atoms with van der Waals surface area (Å²) in [6, 6.07) is 15.2. The van der Waals surface area contributed by atoms with Gasteiger partial charge in [-0.15, -0.1) is 0 Å². The number of aryl methyl sites for hydroxylation is 2. The van der Waals surface area contributed by atoms with E-state index in [-0.39, 0.29) is 52.7 Å². The first-order valence-electron chi connectivity index (χ1n) is 20.1. The van der Waals surface area contributed by atoms with Gasteiger partial charge in [-0.3, -0.25) is 9.69 Å². The Morgan fingerprint density at radius 3 is 2.62 bits per heavy atom. The molecule has 0 saturated carbocycles. The number of nitrogens with one attached hydrogen (secondary N) is 1. The zero-order valence-corrected chi connectivity index (χ0v) is 34.8. The number of carbonyl (C=O) groups excluding carboxylic acids is 1. The van der Waals surface area contributed by atoms with E-state index in [1.807, 2.05) is 45.9 Å². The summed E-state index contributed by atoms with van der Waals surface area (Å²) in [5.41, 5.74) is 1.53. The first-order valence-corrected chi connectivity index (χ1v) is 21.9. The minimum absolute atomic E-state index is 0.0275. The summed E-state index contributed by atoms with van der Waals surface area (Å²) in [5, 5.41) is 5.53. The number of ether oxygens (including phenoxy) is 3. The Morgan fingerprint density at radius 1 is 1.03 bits per heavy atom. The number of H-pyrrole nitrogens is 1. The lowest BCUT2D eigenvalue weighted by molar-refractivity contribution is -0.148. The van der Waals surface area contributed by atoms with Crippen LogP contribution in [-0.4, -0.2) is 90.0 Å². The molecular formula is C44H53F2N5O6S. The lowest BCUT2D eigenvalue weighted by Gasteiger charge is -2.31. The molecule has 1 saturated heterocycles. The molecule has 1 unspecified atom stereocenters. The molecule has 14 heteroatoms. The fraction of sp³-hybridized carbons (Fsp3) is 0.477. The number of hydrogen-bond donors (Lipinski definition) is 1. The number of halogens is 2. The number of aromatic nitrogens is 4. The van der Waals surface area contributed by atoms with Crippen LogP contribution in [0.5, 0.6) is 11.5 Å². The third kappa shape index (κ3) is 9.29. The van der Waals surface area contributed by atoms with Crippen molar-refractivity contribution < 1.29 is 36.2 Å². The third-order valence-corrected chi connectivity index (χ3v) is 13.6. The maximum absolute atomic E-state index is 15.8. The molecular weight excluding hydrogens is 765 g/mol. The molecule has 4 bridgehead atoms. The van der Waals surface area contributed by atoms with E-state index < -0.39 is 32.3 Å². The molecule has 1 fully saturated rings. The van der Waals surface area contributed by atoms with Gasteiger partial charge < -0.3 is 19.2 Å². The highest BCUT2D eigenvalue weighted by Crippen LogP contribution is 2.41. The van der Waals surface area contributed by atoms with Crippen LogP contribution in [0.1, 0.15) is 69.5 Å². The second-order valence-corrected chi connectivity index (χ2v) is 19.0. The molecule has 2 atom stereocenters. The van der Waals surface area contributed by atoms with Crippen LogP contribution in [0.25, 0.3) is 22.3 Å². The standard InChI is InChI=1S/C44H53F2N5O6S/c1-29(41(52)56-22-19-51-17-20-55-21-18-51)24-30-8-6-9-31(25-30)44(4)15-7-14-43(2,3)28-58(53,54)23-13-34-33-12-16-47-38(33)27-37(46)39(34)57-32-10-11-36(45)35(26-32)40-48-42(44)49-50(40)5/h6,8-12,16,25-27,29,47H,7,13-15,17-24,28H2,1-5H3/t29-,44?/m0/s1. The Hall–Kier alpha value is -4.66. The molecule has 2 aliphatic rings. The highest BCUT2D eigenvalue weighted by atomic mass is 32.2. The Balaban J connectivity index is 1.22. The van der Waals surface area contributed by atoms with E-state index in [9.17, 15) is 13.2 Å². The monoisotopic (exact) mass is 817 g/mol. The van der Waals surface area contributed by atoms with Crippen LogP contribution in [0.15, 0.2) is 60.8 Å². The van der Waals surface area contributed by atoms with Gasteiger partial charge in [-0.05, 0) is 73.4 Å². The minimum Gasteiger partial charge on any atom is -0.464 e. The maximum atomic E-state index is 15.8. The zero-order valence-electron chi connectivity index (χ0n) is 33.9. The van der Waals surface area contributed by atoms with Crippen molar-refractivity contribution in [3.8, 4) is 22.9 Å². The fourth-order valence-electron chi connectivity index (χ4n) is 8.32. The van der Waals surface area contributed by atoms with Gasteiger partial charge >= 0.3 is 5.97 Å². The summed E-state index contributed by atoms with van der Waals surface area (Å²) in [7, 11) is -1.90. The number of benzene rings is 3. The van der Waals surface area contributed by atoms with Crippen molar-refractivity contribution in [2.24, 2.45) is 18.4 Å². The Bertz CT molecular complexity index is 2390. The van der Waals surface area contributed by atoms with Crippen LogP contribution in [0, 0.1) is 23.0 Å². The molecule has 58 heavy (non-hydrogen) atoms. The Kier molecular flexibility index (Phi) is 12.1. The number of carbonyl (C=O) groups is 1. The second kappa shape index (κ2) is 16.9. The molecule has 310 valence electrons. The van der Waals surface area contributed by atoms with Crippen molar-refractivity contribution in [1.82, 2.24) is 24.6 Å². The summed E-state index contributed by atoms with van der Waals surface area (Å²) in [6.07, 6.45) is 3.95. The van der Waals surface area contributed by atoms with Crippen LogP contribution in [-0.2, 0) is 49.4 Å². The van der Waals surface area contributed by atoms with Crippen LogP contribution < -0.4 is 4.74 Å². The molecule has 1 N–H and O–H groups in total. The highest BCUT2D eigenvalue weighted by Gasteiger charge is 2.36. The number of fused-ring (bicyclic) bond motifs is 8. The first-order chi connectivity index (χ1) is 27.6. The van der Waals surface area contributed by atoms with E-state index in [1.54, 1.807) is 19.3 Å². The van der Waals surface area contributed by atoms with Crippen molar-refractivity contribution in [1.29, 1.82) is 0 Å². The fourth-order valence-corrected chi connectivity index (χ4v) is 10.3. The van der Waals surface area contributed by atoms with Gasteiger partial charge in [0, 0.05) is 55.4 Å². The van der Waals surface area contributed by atoms with Gasteiger partial charge in [-0.1, -0.05) is 51.5 Å². The van der Waals surface area contributed by atoms with Crippen LogP contribution in [0.3, 0.4) is 0 Å². The lowest BCUT2D eigenvalue weighted by Crippen LogP contribution is -2.38. The summed E-state index contributed by atoms with van der Waals surface area (Å²) < 4.78 is 77.8. The van der Waals surface area contributed by atoms with Gasteiger partial charge in [0.05, 0.1) is 41.6 Å². The number of aromatic amines is 1. The normalized spacial score (nSPS) is 20.7. The first kappa shape index (κ1) is 41.5. The predicted octanol–water partition coefficient (Wildman–Crippen LogP) is 7.56. The van der Waals surface area contributed by atoms with Crippen molar-refractivity contribution in [2.45, 2.75) is 65.2 Å². The summed E-state index contributed by atoms with van der Waals surface area (Å²) >= 11 is 0. The smallest absolute Gasteiger partial charge is 0.309 e. The van der Waals surface area contributed by atoms with Crippen molar-refractivity contribution in [3.05, 3.63) is 94.9 Å². The molecule has 4 heterocycles. The third-order valence-electron chi connectivity index (χ3n) is 11.6. The number of esters is 1. The molecule has 2 aliphatic heterocycles. The van der Waals surface area contributed by atoms with Gasteiger partial charge in [0.15, 0.2) is 33.1 Å². The van der Waals surface area contributed by atoms with Crippen molar-refractivity contribution in [2.75, 3.05) is 51.0 Å². The topological polar surface area (TPSA) is 129 Å². The number of nitrogens with zero attached hydrogens (tertiary/aromatic N) is 4. The molecule has 2 aromatic heterocycles. The summed E-state index contributed by atoms with van der Waals surface area (Å²) in [5.74, 6) is -1.35. The number of hydrogen-bond acceptors (Lipinski definition) is 9. The number of sulfone groups is 1. The molecule has 7 rings (SSSR count). The highest BCUT2D eigenvalue weighted by molar-refractivity contribution is 7.91. The Morgan fingerprint density at radius 2 is 1.83 bits per heavy atom. The molecule has 0 amide bonds. The van der Waals surface area contributed by atoms with Crippen LogP contribution in [0.4, 0.5) is 8.78 Å². The van der Waals surface area contributed by atoms with E-state index in [0.717, 1.165) is 24.2 Å². The predicted molar refractivity (Wildman–Crippen MR) is 219 cm³/mol. The van der Waals surface area contributed by atoms with Gasteiger partial charge in [0.2, 0.25) is 0 Å². The lowest BCUT2D eigenvalue weighted by atomic mass is 9.75. The average molecular weight is 818 g/mol. The van der Waals surface area contributed by atoms with Crippen molar-refractivity contribution in [3.63, 3.8) is 0 Å². The van der Waals surface area contributed by atoms with Crippen LogP contribution in [0.2, 0.25) is 0 Å². The second-order valence-electron chi connectivity index (χ2n) is 16.9. The minimum atomic E-state index is -3.60. The zero-order chi connectivity index (χ0) is 41.2. The Labute approximate surface area is 339 Å². The molecule has 11 nitrogen and oxygen atoms in total. The largest absolute Gasteiger partial charge is 0.464 e. The molecule has 0 radical (unpaired) electrons. The van der Waals surface area contributed by atoms with Crippen molar-refractivity contribution >= 4 is 26.7 Å². The van der Waals surface area contributed by atoms with E-state index in [1.165, 1.54) is 28.9 Å². The number of rotatable bonds is 7. The SMILES string of the molecule is C[C@@H](Cc1cccc(C2(C)CCCC(C)(C)CS(=O)(=O)CCc3c(c(F)cc4[nH]ccc34)Oc3ccc(F)c(c3)-c3nc2nn3C)c1)C(=O)OCCN1CCOCC1. The van der Waals surface area contributed by atoms with E-state index >= 15 is 8.78 Å². The number of morpholine rings is 1. The van der Waals surface area contributed by atoms with Gasteiger partial charge in [-0.25, -0.2) is 26.9 Å². The summed E-state index contributed by atoms with van der Waals surface area (Å²) in [6.45, 7) is 11.8.